The number of rotatable bonds is 5. The molecule has 0 aliphatic carbocycles. The zero-order valence-corrected chi connectivity index (χ0v) is 14.5. The van der Waals surface area contributed by atoms with Gasteiger partial charge in [0.05, 0.1) is 19.9 Å². The highest BCUT2D eigenvalue weighted by Crippen LogP contribution is 2.24. The van der Waals surface area contributed by atoms with Gasteiger partial charge in [-0.1, -0.05) is 18.2 Å². The second kappa shape index (κ2) is 7.77. The van der Waals surface area contributed by atoms with Crippen LogP contribution in [0, 0.1) is 0 Å². The Labute approximate surface area is 151 Å². The third-order valence-corrected chi connectivity index (χ3v) is 4.15. The minimum absolute atomic E-state index is 0.235. The van der Waals surface area contributed by atoms with Crippen LogP contribution in [0.1, 0.15) is 12.2 Å². The number of carbonyl (C=O) groups is 2. The van der Waals surface area contributed by atoms with Crippen molar-refractivity contribution in [1.29, 1.82) is 0 Å². The molecule has 7 heteroatoms. The van der Waals surface area contributed by atoms with Gasteiger partial charge in [-0.25, -0.2) is 4.79 Å². The first-order valence-electron chi connectivity index (χ1n) is 8.25. The molecule has 1 aromatic heterocycles. The Morgan fingerprint density at radius 3 is 2.92 bits per heavy atom. The highest BCUT2D eigenvalue weighted by molar-refractivity contribution is 5.95. The Morgan fingerprint density at radius 2 is 2.19 bits per heavy atom. The zero-order chi connectivity index (χ0) is 18.5. The second-order valence-corrected chi connectivity index (χ2v) is 6.06. The van der Waals surface area contributed by atoms with Crippen LogP contribution in [0.3, 0.4) is 0 Å². The van der Waals surface area contributed by atoms with E-state index in [4.69, 9.17) is 9.15 Å². The van der Waals surface area contributed by atoms with Crippen LogP contribution in [-0.4, -0.2) is 36.5 Å². The van der Waals surface area contributed by atoms with E-state index in [1.54, 1.807) is 49.8 Å². The highest BCUT2D eigenvalue weighted by atomic mass is 16.5. The summed E-state index contributed by atoms with van der Waals surface area (Å²) in [5.41, 5.74) is 1.44. The predicted octanol–water partition coefficient (Wildman–Crippen LogP) is 2.77. The predicted molar refractivity (Wildman–Crippen MR) is 96.8 cm³/mol. The van der Waals surface area contributed by atoms with E-state index in [-0.39, 0.29) is 18.5 Å². The molecule has 0 saturated carbocycles. The van der Waals surface area contributed by atoms with Gasteiger partial charge in [-0.15, -0.1) is 0 Å². The van der Waals surface area contributed by atoms with Gasteiger partial charge in [0.15, 0.2) is 0 Å². The van der Waals surface area contributed by atoms with Crippen molar-refractivity contribution in [2.75, 3.05) is 19.0 Å². The fraction of sp³-hybridized carbons (Fsp3) is 0.263. The van der Waals surface area contributed by atoms with Crippen LogP contribution in [0.25, 0.3) is 0 Å². The van der Waals surface area contributed by atoms with Gasteiger partial charge < -0.3 is 24.7 Å². The quantitative estimate of drug-likeness (QED) is 0.808. The standard InChI is InChI=1S/C19H21N3O4/c1-13-9-17(18(23)20-11-16-7-4-8-26-16)22(12-13)19(24)21-14-5-3-6-15(10-14)25-2/h3-8,10,17H,1,9,11-12H2,2H3,(H,20,23)(H,21,24). The minimum atomic E-state index is -0.594. The normalized spacial score (nSPS) is 16.4. The molecule has 1 aliphatic rings. The largest absolute Gasteiger partial charge is 0.497 e. The third kappa shape index (κ3) is 4.05. The number of ether oxygens (including phenoxy) is 1. The molecule has 1 aromatic carbocycles. The molecule has 1 unspecified atom stereocenters. The summed E-state index contributed by atoms with van der Waals surface area (Å²) in [5.74, 6) is 1.06. The molecule has 0 radical (unpaired) electrons. The van der Waals surface area contributed by atoms with Crippen molar-refractivity contribution >= 4 is 17.6 Å². The number of anilines is 1. The summed E-state index contributed by atoms with van der Waals surface area (Å²) in [7, 11) is 1.56. The maximum Gasteiger partial charge on any atom is 0.322 e. The topological polar surface area (TPSA) is 83.8 Å². The van der Waals surface area contributed by atoms with Crippen molar-refractivity contribution in [2.45, 2.75) is 19.0 Å². The molecular formula is C19H21N3O4. The molecule has 1 fully saturated rings. The number of nitrogens with one attached hydrogen (secondary N) is 2. The van der Waals surface area contributed by atoms with Crippen molar-refractivity contribution in [2.24, 2.45) is 0 Å². The minimum Gasteiger partial charge on any atom is -0.497 e. The number of urea groups is 1. The Balaban J connectivity index is 1.65. The van der Waals surface area contributed by atoms with Gasteiger partial charge in [-0.05, 0) is 30.7 Å². The molecule has 2 N–H and O–H groups in total. The molecule has 2 heterocycles. The smallest absolute Gasteiger partial charge is 0.322 e. The highest BCUT2D eigenvalue weighted by Gasteiger charge is 2.36. The number of carbonyl (C=O) groups excluding carboxylic acids is 2. The third-order valence-electron chi connectivity index (χ3n) is 4.15. The summed E-state index contributed by atoms with van der Waals surface area (Å²) in [6.07, 6.45) is 1.99. The molecule has 136 valence electrons. The summed E-state index contributed by atoms with van der Waals surface area (Å²) in [6.45, 7) is 4.54. The van der Waals surface area contributed by atoms with Crippen LogP contribution in [0.5, 0.6) is 5.75 Å². The number of hydrogen-bond acceptors (Lipinski definition) is 4. The molecule has 7 nitrogen and oxygen atoms in total. The van der Waals surface area contributed by atoms with E-state index in [1.807, 2.05) is 0 Å². The second-order valence-electron chi connectivity index (χ2n) is 6.06. The lowest BCUT2D eigenvalue weighted by atomic mass is 10.1. The Morgan fingerprint density at radius 1 is 1.35 bits per heavy atom. The summed E-state index contributed by atoms with van der Waals surface area (Å²) >= 11 is 0. The maximum atomic E-state index is 12.6. The molecule has 1 atom stereocenters. The molecule has 2 aromatic rings. The number of likely N-dealkylation sites (tertiary alicyclic amines) is 1. The van der Waals surface area contributed by atoms with E-state index in [0.717, 1.165) is 5.57 Å². The summed E-state index contributed by atoms with van der Waals surface area (Å²) in [5, 5.41) is 5.60. The van der Waals surface area contributed by atoms with Gasteiger partial charge in [0.25, 0.3) is 0 Å². The summed E-state index contributed by atoms with van der Waals surface area (Å²) in [6, 6.07) is 9.64. The van der Waals surface area contributed by atoms with Gasteiger partial charge in [-0.3, -0.25) is 4.79 Å². The van der Waals surface area contributed by atoms with Crippen LogP contribution in [0.4, 0.5) is 10.5 Å². The average molecular weight is 355 g/mol. The molecule has 26 heavy (non-hydrogen) atoms. The van der Waals surface area contributed by atoms with Crippen molar-refractivity contribution in [3.05, 3.63) is 60.6 Å². The number of hydrogen-bond donors (Lipinski definition) is 2. The van der Waals surface area contributed by atoms with E-state index in [0.29, 0.717) is 30.2 Å². The molecule has 0 spiro atoms. The number of methoxy groups -OCH3 is 1. The van der Waals surface area contributed by atoms with E-state index in [9.17, 15) is 9.59 Å². The molecule has 3 amide bonds. The summed E-state index contributed by atoms with van der Waals surface area (Å²) in [4.78, 5) is 26.6. The lowest BCUT2D eigenvalue weighted by molar-refractivity contribution is -0.124. The van der Waals surface area contributed by atoms with Crippen molar-refractivity contribution in [3.8, 4) is 5.75 Å². The van der Waals surface area contributed by atoms with Gasteiger partial charge in [0.2, 0.25) is 5.91 Å². The van der Waals surface area contributed by atoms with E-state index >= 15 is 0 Å². The van der Waals surface area contributed by atoms with Crippen molar-refractivity contribution < 1.29 is 18.7 Å². The van der Waals surface area contributed by atoms with Crippen LogP contribution in [0.2, 0.25) is 0 Å². The fourth-order valence-electron chi connectivity index (χ4n) is 2.85. The van der Waals surface area contributed by atoms with Gasteiger partial charge in [-0.2, -0.15) is 0 Å². The van der Waals surface area contributed by atoms with Gasteiger partial charge in [0, 0.05) is 18.3 Å². The number of furan rings is 1. The first-order valence-corrected chi connectivity index (χ1v) is 8.25. The molecule has 0 bridgehead atoms. The van der Waals surface area contributed by atoms with Crippen LogP contribution in [0.15, 0.2) is 59.2 Å². The van der Waals surface area contributed by atoms with Gasteiger partial charge in [0.1, 0.15) is 17.6 Å². The Bertz CT molecular complexity index is 801. The lowest BCUT2D eigenvalue weighted by Crippen LogP contribution is -2.47. The maximum absolute atomic E-state index is 12.6. The summed E-state index contributed by atoms with van der Waals surface area (Å²) < 4.78 is 10.4. The van der Waals surface area contributed by atoms with Crippen molar-refractivity contribution in [1.82, 2.24) is 10.2 Å². The van der Waals surface area contributed by atoms with Crippen molar-refractivity contribution in [3.63, 3.8) is 0 Å². The van der Waals surface area contributed by atoms with Crippen LogP contribution in [-0.2, 0) is 11.3 Å². The molecular weight excluding hydrogens is 334 g/mol. The molecule has 1 saturated heterocycles. The van der Waals surface area contributed by atoms with E-state index < -0.39 is 6.04 Å². The first-order chi connectivity index (χ1) is 12.6. The average Bonchev–Trinajstić information content (AvgIpc) is 3.29. The SMILES string of the molecule is C=C1CC(C(=O)NCc2ccco2)N(C(=O)Nc2cccc(OC)c2)C1. The van der Waals surface area contributed by atoms with Gasteiger partial charge >= 0.3 is 6.03 Å². The lowest BCUT2D eigenvalue weighted by Gasteiger charge is -2.23. The van der Waals surface area contributed by atoms with E-state index in [2.05, 4.69) is 17.2 Å². The monoisotopic (exact) mass is 355 g/mol. The fourth-order valence-corrected chi connectivity index (χ4v) is 2.85. The molecule has 3 rings (SSSR count). The molecule has 1 aliphatic heterocycles. The van der Waals surface area contributed by atoms with E-state index in [1.165, 1.54) is 4.90 Å². The Hall–Kier alpha value is -3.22. The first kappa shape index (κ1) is 17.6. The van der Waals surface area contributed by atoms with Crippen LogP contribution >= 0.6 is 0 Å². The number of benzene rings is 1. The van der Waals surface area contributed by atoms with Crippen LogP contribution < -0.4 is 15.4 Å². The Kier molecular flexibility index (Phi) is 5.26. The number of nitrogens with zero attached hydrogens (tertiary/aromatic N) is 1. The number of amides is 3. The zero-order valence-electron chi connectivity index (χ0n) is 14.5.